The van der Waals surface area contributed by atoms with Crippen molar-refractivity contribution in [3.63, 3.8) is 0 Å². The number of amides is 1. The van der Waals surface area contributed by atoms with E-state index in [1.807, 2.05) is 0 Å². The van der Waals surface area contributed by atoms with Crippen molar-refractivity contribution in [3.05, 3.63) is 35.4 Å². The summed E-state index contributed by atoms with van der Waals surface area (Å²) in [5.41, 5.74) is 13.9. The van der Waals surface area contributed by atoms with Crippen LogP contribution in [0.15, 0.2) is 29.3 Å². The van der Waals surface area contributed by atoms with Crippen LogP contribution in [0, 0.1) is 5.92 Å². The van der Waals surface area contributed by atoms with E-state index >= 15 is 0 Å². The molecule has 0 saturated carbocycles. The number of nitrogens with two attached hydrogens (primary N) is 2. The maximum atomic E-state index is 11.5. The van der Waals surface area contributed by atoms with Crippen LogP contribution in [0.1, 0.15) is 30.4 Å². The van der Waals surface area contributed by atoms with Crippen molar-refractivity contribution in [3.8, 4) is 0 Å². The molecular formula is C22H37IN6O2. The molecule has 0 aromatic heterocycles. The SMILES string of the molecule is I.NC(=O)C1CCCN(Cc2cccc(CN=C(N)NCCCN3CCOCC3)c2)C1. The van der Waals surface area contributed by atoms with Crippen molar-refractivity contribution >= 4 is 35.8 Å². The Hall–Kier alpha value is -1.43. The highest BCUT2D eigenvalue weighted by molar-refractivity contribution is 14.0. The molecule has 0 spiro atoms. The van der Waals surface area contributed by atoms with Gasteiger partial charge in [0.15, 0.2) is 5.96 Å². The van der Waals surface area contributed by atoms with Crippen LogP contribution < -0.4 is 16.8 Å². The Bertz CT molecular complexity index is 711. The zero-order valence-electron chi connectivity index (χ0n) is 18.3. The van der Waals surface area contributed by atoms with E-state index in [0.717, 1.165) is 83.9 Å². The minimum atomic E-state index is -0.185. The first-order valence-electron chi connectivity index (χ1n) is 11.0. The lowest BCUT2D eigenvalue weighted by molar-refractivity contribution is -0.123. The third-order valence-corrected chi connectivity index (χ3v) is 5.80. The molecule has 1 aromatic rings. The fourth-order valence-electron chi connectivity index (χ4n) is 4.09. The summed E-state index contributed by atoms with van der Waals surface area (Å²) in [6.45, 7) is 8.71. The number of morpholine rings is 1. The molecule has 2 saturated heterocycles. The van der Waals surface area contributed by atoms with Crippen LogP contribution in [-0.2, 0) is 22.6 Å². The molecule has 0 radical (unpaired) electrons. The minimum Gasteiger partial charge on any atom is -0.379 e. The van der Waals surface area contributed by atoms with Crippen LogP contribution in [0.4, 0.5) is 0 Å². The van der Waals surface area contributed by atoms with Crippen molar-refractivity contribution < 1.29 is 9.53 Å². The lowest BCUT2D eigenvalue weighted by Crippen LogP contribution is -2.40. The number of carbonyl (C=O) groups excluding carboxylic acids is 1. The number of guanidine groups is 1. The molecule has 1 amide bonds. The number of nitrogens with zero attached hydrogens (tertiary/aromatic N) is 3. The van der Waals surface area contributed by atoms with Crippen molar-refractivity contribution in [1.82, 2.24) is 15.1 Å². The maximum Gasteiger partial charge on any atom is 0.221 e. The maximum absolute atomic E-state index is 11.5. The Kier molecular flexibility index (Phi) is 11.6. The molecule has 3 rings (SSSR count). The first-order valence-corrected chi connectivity index (χ1v) is 11.0. The van der Waals surface area contributed by atoms with Gasteiger partial charge in [-0.1, -0.05) is 24.3 Å². The zero-order chi connectivity index (χ0) is 21.2. The summed E-state index contributed by atoms with van der Waals surface area (Å²) in [6.07, 6.45) is 2.96. The number of benzene rings is 1. The highest BCUT2D eigenvalue weighted by Gasteiger charge is 2.23. The van der Waals surface area contributed by atoms with Crippen molar-refractivity contribution in [2.75, 3.05) is 52.5 Å². The van der Waals surface area contributed by atoms with Gasteiger partial charge in [0.25, 0.3) is 0 Å². The Morgan fingerprint density at radius 3 is 2.71 bits per heavy atom. The number of carbonyl (C=O) groups is 1. The molecule has 0 aliphatic carbocycles. The van der Waals surface area contributed by atoms with Crippen molar-refractivity contribution in [2.45, 2.75) is 32.4 Å². The highest BCUT2D eigenvalue weighted by Crippen LogP contribution is 2.19. The molecule has 5 N–H and O–H groups in total. The number of rotatable bonds is 9. The Balaban J connectivity index is 0.00000341. The lowest BCUT2D eigenvalue weighted by atomic mass is 9.97. The van der Waals surface area contributed by atoms with E-state index < -0.39 is 0 Å². The predicted octanol–water partition coefficient (Wildman–Crippen LogP) is 1.13. The number of hydrogen-bond donors (Lipinski definition) is 3. The Morgan fingerprint density at radius 2 is 1.94 bits per heavy atom. The largest absolute Gasteiger partial charge is 0.379 e. The second-order valence-electron chi connectivity index (χ2n) is 8.23. The summed E-state index contributed by atoms with van der Waals surface area (Å²) in [4.78, 5) is 20.7. The van der Waals surface area contributed by atoms with Crippen LogP contribution >= 0.6 is 24.0 Å². The summed E-state index contributed by atoms with van der Waals surface area (Å²) >= 11 is 0. The van der Waals surface area contributed by atoms with Crippen LogP contribution in [0.25, 0.3) is 0 Å². The standard InChI is InChI=1S/C22H36N6O2.HI/c23-21(29)20-6-2-8-28(17-20)16-19-5-1-4-18(14-19)15-26-22(24)25-7-3-9-27-10-12-30-13-11-27;/h1,4-5,14,20H,2-3,6-13,15-17H2,(H2,23,29)(H3,24,25,26);1H. The van der Waals surface area contributed by atoms with E-state index in [2.05, 4.69) is 44.4 Å². The minimum absolute atomic E-state index is 0. The molecule has 2 aliphatic rings. The molecule has 1 unspecified atom stereocenters. The van der Waals surface area contributed by atoms with E-state index in [4.69, 9.17) is 16.2 Å². The van der Waals surface area contributed by atoms with Gasteiger partial charge in [0.2, 0.25) is 5.91 Å². The quantitative estimate of drug-likeness (QED) is 0.186. The van der Waals surface area contributed by atoms with Crippen LogP contribution in [0.2, 0.25) is 0 Å². The number of aliphatic imine (C=N–C) groups is 1. The van der Waals surface area contributed by atoms with Crippen LogP contribution in [0.3, 0.4) is 0 Å². The molecule has 2 heterocycles. The monoisotopic (exact) mass is 544 g/mol. The van der Waals surface area contributed by atoms with Gasteiger partial charge >= 0.3 is 0 Å². The number of piperidine rings is 1. The summed E-state index contributed by atoms with van der Waals surface area (Å²) in [6, 6.07) is 8.42. The van der Waals surface area contributed by atoms with E-state index in [9.17, 15) is 4.79 Å². The molecule has 8 nitrogen and oxygen atoms in total. The number of primary amides is 1. The highest BCUT2D eigenvalue weighted by atomic mass is 127. The van der Waals surface area contributed by atoms with E-state index in [1.54, 1.807) is 0 Å². The molecule has 1 aromatic carbocycles. The molecule has 2 fully saturated rings. The molecule has 0 bridgehead atoms. The third kappa shape index (κ3) is 9.30. The van der Waals surface area contributed by atoms with Crippen molar-refractivity contribution in [1.29, 1.82) is 0 Å². The van der Waals surface area contributed by atoms with Gasteiger partial charge in [-0.05, 0) is 43.5 Å². The van der Waals surface area contributed by atoms with Gasteiger partial charge in [0.05, 0.1) is 25.7 Å². The fourth-order valence-corrected chi connectivity index (χ4v) is 4.09. The van der Waals surface area contributed by atoms with Gasteiger partial charge in [0.1, 0.15) is 0 Å². The van der Waals surface area contributed by atoms with Crippen molar-refractivity contribution in [2.24, 2.45) is 22.4 Å². The normalized spacial score (nSPS) is 20.8. The first-order chi connectivity index (χ1) is 14.6. The predicted molar refractivity (Wildman–Crippen MR) is 134 cm³/mol. The number of likely N-dealkylation sites (tertiary alicyclic amines) is 1. The molecule has 31 heavy (non-hydrogen) atoms. The average molecular weight is 544 g/mol. The second-order valence-corrected chi connectivity index (χ2v) is 8.23. The molecule has 2 aliphatic heterocycles. The zero-order valence-corrected chi connectivity index (χ0v) is 20.6. The molecule has 1 atom stereocenters. The van der Waals surface area contributed by atoms with Crippen LogP contribution in [-0.4, -0.2) is 74.1 Å². The number of ether oxygens (including phenoxy) is 1. The van der Waals surface area contributed by atoms with Gasteiger partial charge < -0.3 is 21.5 Å². The van der Waals surface area contributed by atoms with E-state index in [0.29, 0.717) is 12.5 Å². The first kappa shape index (κ1) is 25.8. The van der Waals surface area contributed by atoms with Gasteiger partial charge in [0, 0.05) is 32.7 Å². The third-order valence-electron chi connectivity index (χ3n) is 5.80. The number of halogens is 1. The number of nitrogens with one attached hydrogen (secondary N) is 1. The molecular weight excluding hydrogens is 507 g/mol. The Labute approximate surface area is 202 Å². The van der Waals surface area contributed by atoms with E-state index in [1.165, 1.54) is 5.56 Å². The van der Waals surface area contributed by atoms with E-state index in [-0.39, 0.29) is 35.8 Å². The number of hydrogen-bond acceptors (Lipinski definition) is 5. The van der Waals surface area contributed by atoms with Gasteiger partial charge in [-0.2, -0.15) is 0 Å². The molecule has 9 heteroatoms. The fraction of sp³-hybridized carbons (Fsp3) is 0.636. The second kappa shape index (κ2) is 13.9. The Morgan fingerprint density at radius 1 is 1.16 bits per heavy atom. The summed E-state index contributed by atoms with van der Waals surface area (Å²) < 4.78 is 5.37. The summed E-state index contributed by atoms with van der Waals surface area (Å²) in [5.74, 6) is 0.277. The molecule has 174 valence electrons. The van der Waals surface area contributed by atoms with Crippen LogP contribution in [0.5, 0.6) is 0 Å². The topological polar surface area (TPSA) is 109 Å². The van der Waals surface area contributed by atoms with Gasteiger partial charge in [-0.15, -0.1) is 24.0 Å². The summed E-state index contributed by atoms with van der Waals surface area (Å²) in [7, 11) is 0. The smallest absolute Gasteiger partial charge is 0.221 e. The van der Waals surface area contributed by atoms with Gasteiger partial charge in [-0.25, -0.2) is 4.99 Å². The lowest BCUT2D eigenvalue weighted by Gasteiger charge is -2.31. The van der Waals surface area contributed by atoms with Gasteiger partial charge in [-0.3, -0.25) is 14.6 Å². The summed E-state index contributed by atoms with van der Waals surface area (Å²) in [5, 5.41) is 3.21. The average Bonchev–Trinajstić information content (AvgIpc) is 2.76.